The Morgan fingerprint density at radius 2 is 2.28 bits per heavy atom. The lowest BCUT2D eigenvalue weighted by Crippen LogP contribution is -2.12. The standard InChI is InChI=1S/C17H14ClN5OS/c1-10(15-9-25-17(21-15)16(20)24)8-23-5-4-14(22-23)11-2-3-12(7-19)13(18)6-11/h2-6,9-10H,8H2,1H3,(H2,20,24). The van der Waals surface area contributed by atoms with E-state index in [1.165, 1.54) is 11.3 Å². The van der Waals surface area contributed by atoms with E-state index < -0.39 is 5.91 Å². The molecule has 3 aromatic rings. The topological polar surface area (TPSA) is 97.6 Å². The molecule has 0 bridgehead atoms. The summed E-state index contributed by atoms with van der Waals surface area (Å²) in [7, 11) is 0. The zero-order valence-electron chi connectivity index (χ0n) is 13.3. The van der Waals surface area contributed by atoms with E-state index in [4.69, 9.17) is 22.6 Å². The summed E-state index contributed by atoms with van der Waals surface area (Å²) in [4.78, 5) is 15.4. The van der Waals surface area contributed by atoms with Crippen molar-refractivity contribution in [2.24, 2.45) is 5.73 Å². The van der Waals surface area contributed by atoms with E-state index in [1.54, 1.807) is 12.1 Å². The molecule has 126 valence electrons. The van der Waals surface area contributed by atoms with Crippen molar-refractivity contribution in [3.05, 3.63) is 57.1 Å². The maximum absolute atomic E-state index is 11.2. The number of nitriles is 1. The summed E-state index contributed by atoms with van der Waals surface area (Å²) < 4.78 is 1.81. The van der Waals surface area contributed by atoms with Gasteiger partial charge in [-0.05, 0) is 18.2 Å². The summed E-state index contributed by atoms with van der Waals surface area (Å²) in [5, 5.41) is 16.0. The number of benzene rings is 1. The molecular weight excluding hydrogens is 358 g/mol. The van der Waals surface area contributed by atoms with Gasteiger partial charge in [-0.1, -0.05) is 24.6 Å². The highest BCUT2D eigenvalue weighted by Gasteiger charge is 2.14. The zero-order valence-corrected chi connectivity index (χ0v) is 14.9. The zero-order chi connectivity index (χ0) is 18.0. The number of nitrogens with zero attached hydrogens (tertiary/aromatic N) is 4. The van der Waals surface area contributed by atoms with E-state index in [2.05, 4.69) is 10.1 Å². The Bertz CT molecular complexity index is 972. The highest BCUT2D eigenvalue weighted by molar-refractivity contribution is 7.11. The van der Waals surface area contributed by atoms with Crippen LogP contribution in [0, 0.1) is 11.3 Å². The first-order valence-electron chi connectivity index (χ1n) is 7.46. The van der Waals surface area contributed by atoms with Crippen LogP contribution in [0.5, 0.6) is 0 Å². The highest BCUT2D eigenvalue weighted by atomic mass is 35.5. The van der Waals surface area contributed by atoms with Crippen molar-refractivity contribution in [3.8, 4) is 17.3 Å². The van der Waals surface area contributed by atoms with Crippen molar-refractivity contribution in [1.82, 2.24) is 14.8 Å². The van der Waals surface area contributed by atoms with Crippen molar-refractivity contribution in [1.29, 1.82) is 5.26 Å². The van der Waals surface area contributed by atoms with Gasteiger partial charge in [0, 0.05) is 29.6 Å². The van der Waals surface area contributed by atoms with Gasteiger partial charge in [-0.2, -0.15) is 10.4 Å². The number of amides is 1. The van der Waals surface area contributed by atoms with E-state index in [0.29, 0.717) is 22.1 Å². The molecule has 6 nitrogen and oxygen atoms in total. The van der Waals surface area contributed by atoms with Gasteiger partial charge in [-0.3, -0.25) is 9.48 Å². The van der Waals surface area contributed by atoms with Crippen LogP contribution in [0.3, 0.4) is 0 Å². The second-order valence-corrected chi connectivity index (χ2v) is 6.84. The van der Waals surface area contributed by atoms with Gasteiger partial charge in [-0.15, -0.1) is 11.3 Å². The van der Waals surface area contributed by atoms with Gasteiger partial charge in [0.1, 0.15) is 6.07 Å². The van der Waals surface area contributed by atoms with Crippen LogP contribution < -0.4 is 5.73 Å². The minimum Gasteiger partial charge on any atom is -0.364 e. The summed E-state index contributed by atoms with van der Waals surface area (Å²) in [6.45, 7) is 2.63. The minimum atomic E-state index is -0.512. The first-order valence-corrected chi connectivity index (χ1v) is 8.72. The Balaban J connectivity index is 1.76. The third-order valence-corrected chi connectivity index (χ3v) is 4.91. The van der Waals surface area contributed by atoms with Gasteiger partial charge in [0.25, 0.3) is 5.91 Å². The molecule has 0 fully saturated rings. The van der Waals surface area contributed by atoms with Crippen LogP contribution in [0.4, 0.5) is 0 Å². The number of carbonyl (C=O) groups is 1. The Labute approximate surface area is 153 Å². The Morgan fingerprint density at radius 1 is 1.48 bits per heavy atom. The predicted octanol–water partition coefficient (Wildman–Crippen LogP) is 3.43. The molecule has 0 aliphatic carbocycles. The Hall–Kier alpha value is -2.69. The molecule has 0 radical (unpaired) electrons. The molecule has 2 N–H and O–H groups in total. The average Bonchev–Trinajstić information content (AvgIpc) is 3.24. The predicted molar refractivity (Wildman–Crippen MR) is 96.4 cm³/mol. The first kappa shape index (κ1) is 17.1. The van der Waals surface area contributed by atoms with Crippen LogP contribution in [0.2, 0.25) is 5.02 Å². The van der Waals surface area contributed by atoms with Crippen molar-refractivity contribution in [2.45, 2.75) is 19.4 Å². The van der Waals surface area contributed by atoms with E-state index in [1.807, 2.05) is 41.4 Å². The monoisotopic (exact) mass is 371 g/mol. The normalized spacial score (nSPS) is 11.9. The SMILES string of the molecule is CC(Cn1ccc(-c2ccc(C#N)c(Cl)c2)n1)c1csc(C(N)=O)n1. The third-order valence-electron chi connectivity index (χ3n) is 3.72. The maximum atomic E-state index is 11.2. The van der Waals surface area contributed by atoms with Crippen molar-refractivity contribution in [3.63, 3.8) is 0 Å². The van der Waals surface area contributed by atoms with E-state index in [9.17, 15) is 4.79 Å². The van der Waals surface area contributed by atoms with Crippen LogP contribution in [0.15, 0.2) is 35.8 Å². The molecule has 0 saturated heterocycles. The van der Waals surface area contributed by atoms with Gasteiger partial charge in [0.2, 0.25) is 0 Å². The molecule has 1 atom stereocenters. The number of rotatable bonds is 5. The quantitative estimate of drug-likeness (QED) is 0.742. The molecule has 2 aromatic heterocycles. The average molecular weight is 372 g/mol. The van der Waals surface area contributed by atoms with Gasteiger partial charge >= 0.3 is 0 Å². The van der Waals surface area contributed by atoms with Crippen LogP contribution >= 0.6 is 22.9 Å². The molecular formula is C17H14ClN5OS. The summed E-state index contributed by atoms with van der Waals surface area (Å²) in [5.74, 6) is -0.427. The second kappa shape index (κ2) is 7.05. The lowest BCUT2D eigenvalue weighted by Gasteiger charge is -2.08. The Morgan fingerprint density at radius 3 is 2.92 bits per heavy atom. The maximum Gasteiger partial charge on any atom is 0.277 e. The molecule has 1 aromatic carbocycles. The number of carbonyl (C=O) groups excluding carboxylic acids is 1. The molecule has 0 aliphatic heterocycles. The van der Waals surface area contributed by atoms with Crippen LogP contribution in [-0.4, -0.2) is 20.7 Å². The van der Waals surface area contributed by atoms with Crippen LogP contribution in [-0.2, 0) is 6.54 Å². The molecule has 25 heavy (non-hydrogen) atoms. The van der Waals surface area contributed by atoms with Crippen LogP contribution in [0.1, 0.15) is 33.9 Å². The molecule has 8 heteroatoms. The summed E-state index contributed by atoms with van der Waals surface area (Å²) >= 11 is 7.32. The van der Waals surface area contributed by atoms with E-state index >= 15 is 0 Å². The molecule has 0 spiro atoms. The van der Waals surface area contributed by atoms with Gasteiger partial charge in [-0.25, -0.2) is 4.98 Å². The number of hydrogen-bond donors (Lipinski definition) is 1. The molecule has 3 rings (SSSR count). The van der Waals surface area contributed by atoms with Crippen molar-refractivity contribution >= 4 is 28.8 Å². The largest absolute Gasteiger partial charge is 0.364 e. The van der Waals surface area contributed by atoms with Crippen molar-refractivity contribution in [2.75, 3.05) is 0 Å². The first-order chi connectivity index (χ1) is 12.0. The number of thiazole rings is 1. The second-order valence-electron chi connectivity index (χ2n) is 5.57. The number of primary amides is 1. The van der Waals surface area contributed by atoms with Crippen LogP contribution in [0.25, 0.3) is 11.3 Å². The van der Waals surface area contributed by atoms with Gasteiger partial charge in [0.15, 0.2) is 5.01 Å². The van der Waals surface area contributed by atoms with Gasteiger partial charge in [0.05, 0.1) is 22.0 Å². The molecule has 0 saturated carbocycles. The Kier molecular flexibility index (Phi) is 4.83. The minimum absolute atomic E-state index is 0.0849. The summed E-state index contributed by atoms with van der Waals surface area (Å²) in [6.07, 6.45) is 1.87. The summed E-state index contributed by atoms with van der Waals surface area (Å²) in [6, 6.07) is 9.16. The van der Waals surface area contributed by atoms with Crippen molar-refractivity contribution < 1.29 is 4.79 Å². The molecule has 1 unspecified atom stereocenters. The smallest absolute Gasteiger partial charge is 0.277 e. The molecule has 0 aliphatic rings. The molecule has 2 heterocycles. The fourth-order valence-electron chi connectivity index (χ4n) is 2.38. The van der Waals surface area contributed by atoms with E-state index in [0.717, 1.165) is 17.0 Å². The number of nitrogens with two attached hydrogens (primary N) is 1. The number of hydrogen-bond acceptors (Lipinski definition) is 5. The fourth-order valence-corrected chi connectivity index (χ4v) is 3.40. The lowest BCUT2D eigenvalue weighted by atomic mass is 10.1. The fraction of sp³-hybridized carbons (Fsp3) is 0.176. The highest BCUT2D eigenvalue weighted by Crippen LogP contribution is 2.25. The van der Waals surface area contributed by atoms with Gasteiger partial charge < -0.3 is 5.73 Å². The number of halogens is 1. The molecule has 1 amide bonds. The third kappa shape index (κ3) is 3.71. The lowest BCUT2D eigenvalue weighted by molar-refractivity contribution is 0.0999. The summed E-state index contributed by atoms with van der Waals surface area (Å²) in [5.41, 5.74) is 8.12. The number of aromatic nitrogens is 3. The van der Waals surface area contributed by atoms with E-state index in [-0.39, 0.29) is 5.92 Å².